The van der Waals surface area contributed by atoms with Crippen molar-refractivity contribution in [2.24, 2.45) is 0 Å². The summed E-state index contributed by atoms with van der Waals surface area (Å²) in [5, 5.41) is 3.35. The van der Waals surface area contributed by atoms with Gasteiger partial charge in [0.2, 0.25) is 0 Å². The molecular formula is C13H15N. The third-order valence-electron chi connectivity index (χ3n) is 2.61. The van der Waals surface area contributed by atoms with Crippen LogP contribution in [0.5, 0.6) is 0 Å². The minimum atomic E-state index is 0.946. The zero-order valence-corrected chi connectivity index (χ0v) is 8.67. The molecule has 14 heavy (non-hydrogen) atoms. The first-order chi connectivity index (χ1) is 6.79. The second-order valence-corrected chi connectivity index (χ2v) is 3.64. The van der Waals surface area contributed by atoms with Crippen LogP contribution >= 0.6 is 0 Å². The summed E-state index contributed by atoms with van der Waals surface area (Å²) >= 11 is 0. The largest absolute Gasteiger partial charge is 0.385 e. The summed E-state index contributed by atoms with van der Waals surface area (Å²) in [6.07, 6.45) is 4.36. The standard InChI is InChI=1S/C13H15N/c1-10-6-3-4-7-12(10)13-8-5-9-14-11(13)2/h3-8,14H,9H2,1-2H3. The fourth-order valence-corrected chi connectivity index (χ4v) is 1.78. The van der Waals surface area contributed by atoms with Gasteiger partial charge in [-0.25, -0.2) is 0 Å². The monoisotopic (exact) mass is 185 g/mol. The predicted molar refractivity (Wildman–Crippen MR) is 60.9 cm³/mol. The van der Waals surface area contributed by atoms with Crippen molar-refractivity contribution in [3.63, 3.8) is 0 Å². The first kappa shape index (κ1) is 9.07. The first-order valence-corrected chi connectivity index (χ1v) is 4.96. The Kier molecular flexibility index (Phi) is 2.40. The van der Waals surface area contributed by atoms with E-state index in [2.05, 4.69) is 55.6 Å². The summed E-state index contributed by atoms with van der Waals surface area (Å²) in [5.41, 5.74) is 5.24. The minimum absolute atomic E-state index is 0.946. The molecule has 72 valence electrons. The van der Waals surface area contributed by atoms with E-state index in [1.54, 1.807) is 0 Å². The molecule has 0 unspecified atom stereocenters. The van der Waals surface area contributed by atoms with Crippen LogP contribution in [0.15, 0.2) is 42.1 Å². The number of rotatable bonds is 1. The Morgan fingerprint density at radius 3 is 2.64 bits per heavy atom. The Morgan fingerprint density at radius 2 is 1.93 bits per heavy atom. The van der Waals surface area contributed by atoms with Crippen molar-refractivity contribution in [2.45, 2.75) is 13.8 Å². The Morgan fingerprint density at radius 1 is 1.14 bits per heavy atom. The van der Waals surface area contributed by atoms with E-state index in [0.29, 0.717) is 0 Å². The van der Waals surface area contributed by atoms with E-state index in [1.807, 2.05) is 0 Å². The Hall–Kier alpha value is -1.50. The van der Waals surface area contributed by atoms with Crippen molar-refractivity contribution in [1.82, 2.24) is 5.32 Å². The number of benzene rings is 1. The van der Waals surface area contributed by atoms with Crippen LogP contribution in [0.3, 0.4) is 0 Å². The second-order valence-electron chi connectivity index (χ2n) is 3.64. The van der Waals surface area contributed by atoms with Crippen LogP contribution in [0.1, 0.15) is 18.1 Å². The smallest absolute Gasteiger partial charge is 0.0331 e. The number of dihydropyridines is 1. The van der Waals surface area contributed by atoms with Gasteiger partial charge in [-0.1, -0.05) is 36.4 Å². The van der Waals surface area contributed by atoms with Gasteiger partial charge >= 0.3 is 0 Å². The van der Waals surface area contributed by atoms with Gasteiger partial charge in [-0.2, -0.15) is 0 Å². The van der Waals surface area contributed by atoms with E-state index >= 15 is 0 Å². The maximum absolute atomic E-state index is 3.35. The van der Waals surface area contributed by atoms with Crippen molar-refractivity contribution in [2.75, 3.05) is 6.54 Å². The average molecular weight is 185 g/mol. The lowest BCUT2D eigenvalue weighted by molar-refractivity contribution is 0.896. The summed E-state index contributed by atoms with van der Waals surface area (Å²) < 4.78 is 0. The highest BCUT2D eigenvalue weighted by atomic mass is 14.9. The van der Waals surface area contributed by atoms with Gasteiger partial charge in [0, 0.05) is 17.8 Å². The lowest BCUT2D eigenvalue weighted by Gasteiger charge is -2.16. The molecule has 0 bridgehead atoms. The third-order valence-corrected chi connectivity index (χ3v) is 2.61. The van der Waals surface area contributed by atoms with Crippen LogP contribution in [-0.2, 0) is 0 Å². The summed E-state index contributed by atoms with van der Waals surface area (Å²) in [7, 11) is 0. The molecule has 1 aliphatic rings. The van der Waals surface area contributed by atoms with E-state index in [9.17, 15) is 0 Å². The van der Waals surface area contributed by atoms with Crippen molar-refractivity contribution >= 4 is 5.57 Å². The fourth-order valence-electron chi connectivity index (χ4n) is 1.78. The van der Waals surface area contributed by atoms with Gasteiger partial charge in [0.1, 0.15) is 0 Å². The summed E-state index contributed by atoms with van der Waals surface area (Å²) in [6, 6.07) is 8.49. The Bertz CT molecular complexity index is 399. The highest BCUT2D eigenvalue weighted by Gasteiger charge is 2.07. The molecule has 1 aromatic rings. The van der Waals surface area contributed by atoms with Crippen LogP contribution < -0.4 is 5.32 Å². The molecule has 1 heteroatoms. The molecule has 1 aliphatic heterocycles. The van der Waals surface area contributed by atoms with Crippen LogP contribution in [0.4, 0.5) is 0 Å². The molecule has 0 radical (unpaired) electrons. The van der Waals surface area contributed by atoms with Crippen molar-refractivity contribution in [1.29, 1.82) is 0 Å². The van der Waals surface area contributed by atoms with Gasteiger partial charge in [-0.05, 0) is 25.0 Å². The van der Waals surface area contributed by atoms with Gasteiger partial charge in [-0.3, -0.25) is 0 Å². The number of allylic oxidation sites excluding steroid dienone is 3. The van der Waals surface area contributed by atoms with Gasteiger partial charge in [-0.15, -0.1) is 0 Å². The molecule has 2 rings (SSSR count). The molecule has 1 heterocycles. The van der Waals surface area contributed by atoms with E-state index in [4.69, 9.17) is 0 Å². The Labute approximate surface area is 85.2 Å². The van der Waals surface area contributed by atoms with Crippen molar-refractivity contribution in [3.05, 3.63) is 53.2 Å². The molecule has 1 N–H and O–H groups in total. The maximum atomic E-state index is 3.35. The predicted octanol–water partition coefficient (Wildman–Crippen LogP) is 2.89. The van der Waals surface area contributed by atoms with E-state index in [0.717, 1.165) is 6.54 Å². The molecule has 0 aromatic heterocycles. The number of hydrogen-bond acceptors (Lipinski definition) is 1. The number of nitrogens with one attached hydrogen (secondary N) is 1. The topological polar surface area (TPSA) is 12.0 Å². The van der Waals surface area contributed by atoms with E-state index in [1.165, 1.54) is 22.4 Å². The molecule has 1 aromatic carbocycles. The third kappa shape index (κ3) is 1.58. The zero-order valence-electron chi connectivity index (χ0n) is 8.67. The normalized spacial score (nSPS) is 15.6. The summed E-state index contributed by atoms with van der Waals surface area (Å²) in [4.78, 5) is 0. The van der Waals surface area contributed by atoms with Crippen LogP contribution in [0.25, 0.3) is 5.57 Å². The number of hydrogen-bond donors (Lipinski definition) is 1. The fraction of sp³-hybridized carbons (Fsp3) is 0.231. The molecule has 0 atom stereocenters. The highest BCUT2D eigenvalue weighted by Crippen LogP contribution is 2.23. The first-order valence-electron chi connectivity index (χ1n) is 4.96. The molecular weight excluding hydrogens is 170 g/mol. The van der Waals surface area contributed by atoms with Gasteiger partial charge in [0.05, 0.1) is 0 Å². The van der Waals surface area contributed by atoms with Crippen LogP contribution in [-0.4, -0.2) is 6.54 Å². The van der Waals surface area contributed by atoms with Gasteiger partial charge in [0.15, 0.2) is 0 Å². The zero-order chi connectivity index (χ0) is 9.97. The number of aryl methyl sites for hydroxylation is 1. The maximum Gasteiger partial charge on any atom is 0.0331 e. The molecule has 0 fully saturated rings. The van der Waals surface area contributed by atoms with Crippen LogP contribution in [0, 0.1) is 6.92 Å². The molecule has 0 aliphatic carbocycles. The molecule has 1 nitrogen and oxygen atoms in total. The lowest BCUT2D eigenvalue weighted by atomic mass is 9.97. The van der Waals surface area contributed by atoms with Gasteiger partial charge in [0.25, 0.3) is 0 Å². The Balaban J connectivity index is 2.49. The van der Waals surface area contributed by atoms with E-state index in [-0.39, 0.29) is 0 Å². The second kappa shape index (κ2) is 3.70. The van der Waals surface area contributed by atoms with Crippen molar-refractivity contribution in [3.8, 4) is 0 Å². The molecule has 0 spiro atoms. The molecule has 0 amide bonds. The highest BCUT2D eigenvalue weighted by molar-refractivity contribution is 5.78. The SMILES string of the molecule is CC1=C(c2ccccc2C)C=CCN1. The molecule has 0 saturated heterocycles. The van der Waals surface area contributed by atoms with Crippen molar-refractivity contribution < 1.29 is 0 Å². The summed E-state index contributed by atoms with van der Waals surface area (Å²) in [6.45, 7) is 5.23. The van der Waals surface area contributed by atoms with Gasteiger partial charge < -0.3 is 5.32 Å². The lowest BCUT2D eigenvalue weighted by Crippen LogP contribution is -2.15. The average Bonchev–Trinajstić information content (AvgIpc) is 2.20. The van der Waals surface area contributed by atoms with E-state index < -0.39 is 0 Å². The summed E-state index contributed by atoms with van der Waals surface area (Å²) in [5.74, 6) is 0. The van der Waals surface area contributed by atoms with Crippen LogP contribution in [0.2, 0.25) is 0 Å². The quantitative estimate of drug-likeness (QED) is 0.709. The molecule has 0 saturated carbocycles. The minimum Gasteiger partial charge on any atom is -0.385 e.